The van der Waals surface area contributed by atoms with Gasteiger partial charge in [-0.1, -0.05) is 5.16 Å². The lowest BCUT2D eigenvalue weighted by atomic mass is 10.2. The number of hydrogen-bond acceptors (Lipinski definition) is 7. The van der Waals surface area contributed by atoms with Crippen molar-refractivity contribution in [3.8, 4) is 23.2 Å². The van der Waals surface area contributed by atoms with Gasteiger partial charge in [0.05, 0.1) is 11.0 Å². The van der Waals surface area contributed by atoms with Crippen LogP contribution in [0, 0.1) is 21.4 Å². The first kappa shape index (κ1) is 11.5. The van der Waals surface area contributed by atoms with E-state index in [1.54, 1.807) is 0 Å². The predicted octanol–water partition coefficient (Wildman–Crippen LogP) is 1.42. The van der Waals surface area contributed by atoms with E-state index in [2.05, 4.69) is 10.1 Å². The first-order chi connectivity index (χ1) is 8.61. The molecule has 0 amide bonds. The van der Waals surface area contributed by atoms with Crippen LogP contribution in [-0.4, -0.2) is 20.2 Å². The highest BCUT2D eigenvalue weighted by Crippen LogP contribution is 2.30. The molecule has 0 bridgehead atoms. The van der Waals surface area contributed by atoms with Crippen LogP contribution in [0.2, 0.25) is 0 Å². The Morgan fingerprint density at radius 3 is 3.00 bits per heavy atom. The summed E-state index contributed by atoms with van der Waals surface area (Å²) in [4.78, 5) is 13.8. The van der Waals surface area contributed by atoms with Crippen LogP contribution in [0.4, 0.5) is 5.69 Å². The van der Waals surface area contributed by atoms with E-state index in [4.69, 9.17) is 9.78 Å². The largest absolute Gasteiger partial charge is 0.502 e. The van der Waals surface area contributed by atoms with Gasteiger partial charge in [0, 0.05) is 11.6 Å². The maximum atomic E-state index is 10.7. The topological polar surface area (TPSA) is 126 Å². The minimum Gasteiger partial charge on any atom is -0.502 e. The molecule has 0 radical (unpaired) electrons. The molecule has 2 aromatic rings. The van der Waals surface area contributed by atoms with Gasteiger partial charge in [-0.25, -0.2) is 0 Å². The van der Waals surface area contributed by atoms with Crippen LogP contribution in [-0.2, 0) is 6.42 Å². The van der Waals surface area contributed by atoms with Crippen molar-refractivity contribution >= 4 is 5.69 Å². The van der Waals surface area contributed by atoms with Crippen molar-refractivity contribution in [1.29, 1.82) is 5.26 Å². The number of nitriles is 1. The first-order valence-electron chi connectivity index (χ1n) is 4.79. The van der Waals surface area contributed by atoms with Crippen molar-refractivity contribution in [3.63, 3.8) is 0 Å². The number of nitro benzene ring substituents is 1. The monoisotopic (exact) mass is 246 g/mol. The van der Waals surface area contributed by atoms with Gasteiger partial charge in [-0.15, -0.1) is 0 Å². The van der Waals surface area contributed by atoms with Gasteiger partial charge < -0.3 is 9.63 Å². The summed E-state index contributed by atoms with van der Waals surface area (Å²) in [5, 5.41) is 32.0. The minimum atomic E-state index is -0.713. The fraction of sp³-hybridized carbons (Fsp3) is 0.100. The zero-order valence-electron chi connectivity index (χ0n) is 8.90. The van der Waals surface area contributed by atoms with Crippen LogP contribution in [0.3, 0.4) is 0 Å². The zero-order chi connectivity index (χ0) is 13.1. The molecule has 0 unspecified atom stereocenters. The van der Waals surface area contributed by atoms with Gasteiger partial charge in [-0.3, -0.25) is 10.1 Å². The molecule has 1 aromatic carbocycles. The second-order valence-electron chi connectivity index (χ2n) is 3.31. The van der Waals surface area contributed by atoms with Crippen molar-refractivity contribution in [3.05, 3.63) is 34.2 Å². The third kappa shape index (κ3) is 2.10. The quantitative estimate of drug-likeness (QED) is 0.640. The molecule has 0 spiro atoms. The van der Waals surface area contributed by atoms with Crippen molar-refractivity contribution in [2.75, 3.05) is 0 Å². The molecule has 8 heteroatoms. The van der Waals surface area contributed by atoms with E-state index in [-0.39, 0.29) is 18.1 Å². The number of aromatic hydroxyl groups is 1. The summed E-state index contributed by atoms with van der Waals surface area (Å²) < 4.78 is 4.77. The van der Waals surface area contributed by atoms with Crippen LogP contribution < -0.4 is 0 Å². The molecule has 1 aromatic heterocycles. The molecule has 8 nitrogen and oxygen atoms in total. The fourth-order valence-corrected chi connectivity index (χ4v) is 1.32. The Labute approximate surface area is 100 Å². The molecule has 0 aliphatic carbocycles. The number of rotatable bonds is 3. The average molecular weight is 246 g/mol. The van der Waals surface area contributed by atoms with Gasteiger partial charge in [0.1, 0.15) is 6.42 Å². The van der Waals surface area contributed by atoms with Crippen LogP contribution in [0.25, 0.3) is 11.4 Å². The normalized spacial score (nSPS) is 9.94. The van der Waals surface area contributed by atoms with Crippen LogP contribution >= 0.6 is 0 Å². The molecule has 0 fully saturated rings. The van der Waals surface area contributed by atoms with Crippen molar-refractivity contribution in [1.82, 2.24) is 10.1 Å². The number of phenolic OH excluding ortho intramolecular Hbond substituents is 1. The highest BCUT2D eigenvalue weighted by atomic mass is 16.6. The summed E-state index contributed by atoms with van der Waals surface area (Å²) >= 11 is 0. The highest BCUT2D eigenvalue weighted by molar-refractivity contribution is 5.62. The second-order valence-corrected chi connectivity index (χ2v) is 3.31. The Kier molecular flexibility index (Phi) is 2.89. The van der Waals surface area contributed by atoms with E-state index >= 15 is 0 Å². The number of aromatic nitrogens is 2. The molecule has 0 atom stereocenters. The summed E-state index contributed by atoms with van der Waals surface area (Å²) in [6, 6.07) is 5.57. The Morgan fingerprint density at radius 1 is 1.56 bits per heavy atom. The molecule has 1 N–H and O–H groups in total. The number of nitro groups is 1. The maximum absolute atomic E-state index is 10.7. The Morgan fingerprint density at radius 2 is 2.33 bits per heavy atom. The number of hydrogen-bond donors (Lipinski definition) is 1. The SMILES string of the molecule is N#CCc1nc(-c2ccc(O)c([N+](=O)[O-])c2)no1. The standard InChI is InChI=1S/C10H6N4O4/c11-4-3-9-12-10(13-18-9)6-1-2-8(15)7(5-6)14(16)17/h1-2,5,15H,3H2. The third-order valence-corrected chi connectivity index (χ3v) is 2.13. The average Bonchev–Trinajstić information content (AvgIpc) is 2.78. The first-order valence-corrected chi connectivity index (χ1v) is 4.79. The summed E-state index contributed by atoms with van der Waals surface area (Å²) in [7, 11) is 0. The number of benzene rings is 1. The van der Waals surface area contributed by atoms with E-state index in [1.165, 1.54) is 12.1 Å². The van der Waals surface area contributed by atoms with Gasteiger partial charge in [0.2, 0.25) is 11.7 Å². The maximum Gasteiger partial charge on any atom is 0.311 e. The molecule has 90 valence electrons. The van der Waals surface area contributed by atoms with Crippen molar-refractivity contribution in [2.45, 2.75) is 6.42 Å². The molecule has 2 rings (SSSR count). The molecule has 0 aliphatic heterocycles. The molecular weight excluding hydrogens is 240 g/mol. The Hall–Kier alpha value is -2.95. The molecule has 0 aliphatic rings. The van der Waals surface area contributed by atoms with Crippen LogP contribution in [0.1, 0.15) is 5.89 Å². The third-order valence-electron chi connectivity index (χ3n) is 2.13. The predicted molar refractivity (Wildman–Crippen MR) is 57.4 cm³/mol. The van der Waals surface area contributed by atoms with Crippen molar-refractivity contribution < 1.29 is 14.6 Å². The zero-order valence-corrected chi connectivity index (χ0v) is 8.90. The Balaban J connectivity index is 2.41. The molecule has 0 saturated heterocycles. The van der Waals surface area contributed by atoms with Crippen molar-refractivity contribution in [2.24, 2.45) is 0 Å². The summed E-state index contributed by atoms with van der Waals surface area (Å²) in [5.74, 6) is -0.184. The van der Waals surface area contributed by atoms with Gasteiger partial charge >= 0.3 is 5.69 Å². The lowest BCUT2D eigenvalue weighted by molar-refractivity contribution is -0.385. The van der Waals surface area contributed by atoms with Gasteiger partial charge in [0.25, 0.3) is 0 Å². The smallest absolute Gasteiger partial charge is 0.311 e. The number of nitrogens with zero attached hydrogens (tertiary/aromatic N) is 4. The highest BCUT2D eigenvalue weighted by Gasteiger charge is 2.17. The van der Waals surface area contributed by atoms with E-state index < -0.39 is 16.4 Å². The minimum absolute atomic E-state index is 0.0345. The van der Waals surface area contributed by atoms with Crippen LogP contribution in [0.5, 0.6) is 5.75 Å². The van der Waals surface area contributed by atoms with E-state index in [9.17, 15) is 15.2 Å². The second kappa shape index (κ2) is 4.50. The van der Waals surface area contributed by atoms with Gasteiger partial charge in [0.15, 0.2) is 5.75 Å². The molecule has 1 heterocycles. The van der Waals surface area contributed by atoms with E-state index in [0.717, 1.165) is 6.07 Å². The lowest BCUT2D eigenvalue weighted by Gasteiger charge is -1.97. The molecule has 0 saturated carbocycles. The summed E-state index contributed by atoms with van der Waals surface area (Å²) in [5.41, 5.74) is -0.119. The molecule has 18 heavy (non-hydrogen) atoms. The summed E-state index contributed by atoms with van der Waals surface area (Å²) in [6.07, 6.45) is -0.0345. The molecular formula is C10H6N4O4. The van der Waals surface area contributed by atoms with E-state index in [1.807, 2.05) is 6.07 Å². The van der Waals surface area contributed by atoms with Gasteiger partial charge in [-0.2, -0.15) is 10.2 Å². The van der Waals surface area contributed by atoms with Gasteiger partial charge in [-0.05, 0) is 12.1 Å². The lowest BCUT2D eigenvalue weighted by Crippen LogP contribution is -1.90. The fourth-order valence-electron chi connectivity index (χ4n) is 1.32. The van der Waals surface area contributed by atoms with E-state index in [0.29, 0.717) is 5.56 Å². The van der Waals surface area contributed by atoms with Crippen LogP contribution in [0.15, 0.2) is 22.7 Å². The Bertz CT molecular complexity index is 644. The number of phenols is 1. The summed E-state index contributed by atoms with van der Waals surface area (Å²) in [6.45, 7) is 0.